The second kappa shape index (κ2) is 5.20. The minimum atomic E-state index is -0.395. The summed E-state index contributed by atoms with van der Waals surface area (Å²) in [5.41, 5.74) is 5.90. The van der Waals surface area contributed by atoms with Crippen molar-refractivity contribution in [2.24, 2.45) is 5.73 Å². The van der Waals surface area contributed by atoms with Gasteiger partial charge >= 0.3 is 0 Å². The topological polar surface area (TPSA) is 74.0 Å². The monoisotopic (exact) mass is 292 g/mol. The lowest BCUT2D eigenvalue weighted by Gasteiger charge is -2.42. The summed E-state index contributed by atoms with van der Waals surface area (Å²) < 4.78 is 16.4. The van der Waals surface area contributed by atoms with E-state index in [4.69, 9.17) is 19.9 Å². The molecule has 3 rings (SSSR count). The maximum atomic E-state index is 12.7. The van der Waals surface area contributed by atoms with Crippen molar-refractivity contribution in [2.45, 2.75) is 25.6 Å². The second-order valence-corrected chi connectivity index (χ2v) is 5.99. The third kappa shape index (κ3) is 2.82. The molecule has 1 saturated heterocycles. The molecule has 0 radical (unpaired) electrons. The van der Waals surface area contributed by atoms with Crippen LogP contribution in [0, 0.1) is 0 Å². The van der Waals surface area contributed by atoms with Crippen molar-refractivity contribution in [3.63, 3.8) is 0 Å². The van der Waals surface area contributed by atoms with Crippen LogP contribution in [-0.4, -0.2) is 48.9 Å². The predicted molar refractivity (Wildman–Crippen MR) is 76.5 cm³/mol. The highest BCUT2D eigenvalue weighted by Crippen LogP contribution is 2.33. The van der Waals surface area contributed by atoms with Gasteiger partial charge in [-0.25, -0.2) is 0 Å². The van der Waals surface area contributed by atoms with Crippen LogP contribution in [0.3, 0.4) is 0 Å². The molecule has 2 heterocycles. The first kappa shape index (κ1) is 14.2. The molecule has 1 fully saturated rings. The minimum Gasteiger partial charge on any atom is -0.454 e. The average molecular weight is 292 g/mol. The lowest BCUT2D eigenvalue weighted by atomic mass is 10.0. The summed E-state index contributed by atoms with van der Waals surface area (Å²) in [7, 11) is 0. The quantitative estimate of drug-likeness (QED) is 0.880. The van der Waals surface area contributed by atoms with Crippen LogP contribution in [0.4, 0.5) is 0 Å². The largest absolute Gasteiger partial charge is 0.454 e. The Morgan fingerprint density at radius 1 is 1.38 bits per heavy atom. The Kier molecular flexibility index (Phi) is 3.51. The third-order valence-electron chi connectivity index (χ3n) is 3.65. The number of benzene rings is 1. The van der Waals surface area contributed by atoms with Gasteiger partial charge in [0.1, 0.15) is 0 Å². The fourth-order valence-electron chi connectivity index (χ4n) is 2.79. The van der Waals surface area contributed by atoms with E-state index in [1.807, 2.05) is 13.8 Å². The lowest BCUT2D eigenvalue weighted by Crippen LogP contribution is -2.56. The second-order valence-electron chi connectivity index (χ2n) is 5.99. The number of ether oxygens (including phenoxy) is 3. The van der Waals surface area contributed by atoms with E-state index in [9.17, 15) is 4.79 Å². The summed E-state index contributed by atoms with van der Waals surface area (Å²) in [6.45, 7) is 5.58. The van der Waals surface area contributed by atoms with Crippen LogP contribution in [0.1, 0.15) is 24.2 Å². The van der Waals surface area contributed by atoms with Gasteiger partial charge in [0.05, 0.1) is 11.7 Å². The molecule has 114 valence electrons. The molecule has 1 atom stereocenters. The number of nitrogens with two attached hydrogens (primary N) is 1. The van der Waals surface area contributed by atoms with E-state index in [0.717, 1.165) is 0 Å². The Morgan fingerprint density at radius 3 is 2.90 bits per heavy atom. The van der Waals surface area contributed by atoms with Crippen molar-refractivity contribution in [3.8, 4) is 11.5 Å². The molecule has 2 aliphatic heterocycles. The van der Waals surface area contributed by atoms with Crippen molar-refractivity contribution < 1.29 is 19.0 Å². The molecule has 0 spiro atoms. The molecule has 1 amide bonds. The molecule has 0 aromatic heterocycles. The molecule has 0 saturated carbocycles. The van der Waals surface area contributed by atoms with Gasteiger partial charge in [-0.15, -0.1) is 0 Å². The van der Waals surface area contributed by atoms with Crippen LogP contribution in [0.2, 0.25) is 0 Å². The van der Waals surface area contributed by atoms with Crippen molar-refractivity contribution in [3.05, 3.63) is 23.8 Å². The number of fused-ring (bicyclic) bond motifs is 1. The minimum absolute atomic E-state index is 0.0388. The summed E-state index contributed by atoms with van der Waals surface area (Å²) in [6, 6.07) is 5.25. The van der Waals surface area contributed by atoms with Gasteiger partial charge in [0.25, 0.3) is 5.91 Å². The van der Waals surface area contributed by atoms with Gasteiger partial charge < -0.3 is 24.8 Å². The molecular formula is C15H20N2O4. The number of nitrogens with zero attached hydrogens (tertiary/aromatic N) is 1. The van der Waals surface area contributed by atoms with Crippen LogP contribution in [0.25, 0.3) is 0 Å². The summed E-state index contributed by atoms with van der Waals surface area (Å²) in [6.07, 6.45) is -0.133. The van der Waals surface area contributed by atoms with E-state index in [0.29, 0.717) is 36.7 Å². The molecule has 6 nitrogen and oxygen atoms in total. The molecular weight excluding hydrogens is 272 g/mol. The zero-order chi connectivity index (χ0) is 15.0. The molecule has 0 bridgehead atoms. The van der Waals surface area contributed by atoms with Crippen molar-refractivity contribution in [1.29, 1.82) is 0 Å². The Labute approximate surface area is 123 Å². The predicted octanol–water partition coefficient (Wildman–Crippen LogP) is 0.994. The SMILES string of the molecule is CC1(C)CN(C(=O)c2ccc3c(c2)OCO3)CC(CN)O1. The normalized spacial score (nSPS) is 23.2. The van der Waals surface area contributed by atoms with E-state index < -0.39 is 5.60 Å². The van der Waals surface area contributed by atoms with E-state index >= 15 is 0 Å². The molecule has 2 N–H and O–H groups in total. The number of carbonyl (C=O) groups excluding carboxylic acids is 1. The maximum absolute atomic E-state index is 12.7. The summed E-state index contributed by atoms with van der Waals surface area (Å²) in [5.74, 6) is 1.25. The molecule has 1 aromatic carbocycles. The zero-order valence-corrected chi connectivity index (χ0v) is 12.3. The average Bonchev–Trinajstić information content (AvgIpc) is 2.92. The van der Waals surface area contributed by atoms with Crippen molar-refractivity contribution in [2.75, 3.05) is 26.4 Å². The molecule has 2 aliphatic rings. The number of rotatable bonds is 2. The van der Waals surface area contributed by atoms with Gasteiger partial charge in [-0.3, -0.25) is 4.79 Å². The lowest BCUT2D eigenvalue weighted by molar-refractivity contribution is -0.122. The highest BCUT2D eigenvalue weighted by Gasteiger charge is 2.35. The van der Waals surface area contributed by atoms with E-state index in [1.165, 1.54) is 0 Å². The van der Waals surface area contributed by atoms with Crippen LogP contribution >= 0.6 is 0 Å². The zero-order valence-electron chi connectivity index (χ0n) is 12.3. The van der Waals surface area contributed by atoms with Gasteiger partial charge in [0.2, 0.25) is 6.79 Å². The van der Waals surface area contributed by atoms with Gasteiger partial charge in [-0.1, -0.05) is 0 Å². The summed E-state index contributed by atoms with van der Waals surface area (Å²) in [4.78, 5) is 14.5. The number of amides is 1. The van der Waals surface area contributed by atoms with Crippen molar-refractivity contribution in [1.82, 2.24) is 4.90 Å². The molecule has 1 unspecified atom stereocenters. The first-order chi connectivity index (χ1) is 9.98. The maximum Gasteiger partial charge on any atom is 0.254 e. The van der Waals surface area contributed by atoms with Crippen molar-refractivity contribution >= 4 is 5.91 Å². The van der Waals surface area contributed by atoms with Crippen LogP contribution < -0.4 is 15.2 Å². The third-order valence-corrected chi connectivity index (χ3v) is 3.65. The number of morpholine rings is 1. The number of carbonyl (C=O) groups is 1. The van der Waals surface area contributed by atoms with Crippen LogP contribution in [-0.2, 0) is 4.74 Å². The smallest absolute Gasteiger partial charge is 0.254 e. The van der Waals surface area contributed by atoms with E-state index in [2.05, 4.69) is 0 Å². The number of hydrogen-bond donors (Lipinski definition) is 1. The first-order valence-electron chi connectivity index (χ1n) is 7.05. The fraction of sp³-hybridized carbons (Fsp3) is 0.533. The fourth-order valence-corrected chi connectivity index (χ4v) is 2.79. The number of hydrogen-bond acceptors (Lipinski definition) is 5. The molecule has 0 aliphatic carbocycles. The molecule has 21 heavy (non-hydrogen) atoms. The Hall–Kier alpha value is -1.79. The Morgan fingerprint density at radius 2 is 2.14 bits per heavy atom. The molecule has 1 aromatic rings. The van der Waals surface area contributed by atoms with Gasteiger partial charge in [-0.05, 0) is 32.0 Å². The van der Waals surface area contributed by atoms with Gasteiger partial charge in [0, 0.05) is 25.2 Å². The van der Waals surface area contributed by atoms with Crippen LogP contribution in [0.15, 0.2) is 18.2 Å². The standard InChI is InChI=1S/C15H20N2O4/c1-15(2)8-17(7-11(6-16)21-15)14(18)10-3-4-12-13(5-10)20-9-19-12/h3-5,11H,6-9,16H2,1-2H3. The summed E-state index contributed by atoms with van der Waals surface area (Å²) >= 11 is 0. The van der Waals surface area contributed by atoms with E-state index in [-0.39, 0.29) is 18.8 Å². The molecule has 6 heteroatoms. The Balaban J connectivity index is 1.81. The van der Waals surface area contributed by atoms with Gasteiger partial charge in [0.15, 0.2) is 11.5 Å². The summed E-state index contributed by atoms with van der Waals surface area (Å²) in [5, 5.41) is 0. The van der Waals surface area contributed by atoms with Crippen LogP contribution in [0.5, 0.6) is 11.5 Å². The first-order valence-corrected chi connectivity index (χ1v) is 7.05. The van der Waals surface area contributed by atoms with E-state index in [1.54, 1.807) is 23.1 Å². The highest BCUT2D eigenvalue weighted by molar-refractivity contribution is 5.95. The highest BCUT2D eigenvalue weighted by atomic mass is 16.7. The Bertz CT molecular complexity index is 559. The van der Waals surface area contributed by atoms with Gasteiger partial charge in [-0.2, -0.15) is 0 Å².